The van der Waals surface area contributed by atoms with Crippen LogP contribution in [0.4, 0.5) is 0 Å². The van der Waals surface area contributed by atoms with Crippen LogP contribution >= 0.6 is 27.7 Å². The van der Waals surface area contributed by atoms with Crippen LogP contribution in [0.5, 0.6) is 5.75 Å². The predicted molar refractivity (Wildman–Crippen MR) is 122 cm³/mol. The molecule has 0 bridgehead atoms. The van der Waals surface area contributed by atoms with Crippen molar-refractivity contribution in [1.29, 1.82) is 0 Å². The molecule has 0 radical (unpaired) electrons. The summed E-state index contributed by atoms with van der Waals surface area (Å²) >= 11 is 5.07. The molecule has 2 aromatic carbocycles. The van der Waals surface area contributed by atoms with Gasteiger partial charge in [0.2, 0.25) is 5.78 Å². The van der Waals surface area contributed by atoms with Gasteiger partial charge in [-0.3, -0.25) is 13.8 Å². The molecular weight excluding hydrogens is 468 g/mol. The highest BCUT2D eigenvalue weighted by atomic mass is 79.9. The highest BCUT2D eigenvalue weighted by Gasteiger charge is 2.17. The normalized spacial score (nSPS) is 11.4. The number of aryl methyl sites for hydroxylation is 1. The number of benzene rings is 2. The molecule has 0 saturated carbocycles. The van der Waals surface area contributed by atoms with Crippen LogP contribution in [0.15, 0.2) is 56.9 Å². The van der Waals surface area contributed by atoms with Gasteiger partial charge in [-0.2, -0.15) is 0 Å². The van der Waals surface area contributed by atoms with Gasteiger partial charge >= 0.3 is 0 Å². The van der Waals surface area contributed by atoms with Gasteiger partial charge in [0.25, 0.3) is 5.56 Å². The zero-order valence-corrected chi connectivity index (χ0v) is 19.1. The van der Waals surface area contributed by atoms with Gasteiger partial charge < -0.3 is 9.47 Å². The zero-order chi connectivity index (χ0) is 21.1. The first kappa shape index (κ1) is 20.9. The molecule has 2 heterocycles. The number of para-hydroxylation sites is 1. The van der Waals surface area contributed by atoms with Crippen molar-refractivity contribution < 1.29 is 9.47 Å². The molecule has 30 heavy (non-hydrogen) atoms. The molecule has 4 aromatic rings. The van der Waals surface area contributed by atoms with Crippen molar-refractivity contribution in [2.75, 3.05) is 20.8 Å². The van der Waals surface area contributed by atoms with Gasteiger partial charge in [0.15, 0.2) is 5.16 Å². The van der Waals surface area contributed by atoms with Gasteiger partial charge in [0, 0.05) is 36.1 Å². The fourth-order valence-corrected chi connectivity index (χ4v) is 4.72. The van der Waals surface area contributed by atoms with E-state index in [1.165, 1.54) is 0 Å². The summed E-state index contributed by atoms with van der Waals surface area (Å²) in [5.74, 6) is 2.01. The van der Waals surface area contributed by atoms with Gasteiger partial charge in [-0.1, -0.05) is 39.8 Å². The molecule has 0 aliphatic rings. The van der Waals surface area contributed by atoms with E-state index in [0.717, 1.165) is 32.9 Å². The molecule has 156 valence electrons. The predicted octanol–water partition coefficient (Wildman–Crippen LogP) is 4.14. The van der Waals surface area contributed by atoms with Gasteiger partial charge in [-0.05, 0) is 36.8 Å². The van der Waals surface area contributed by atoms with Gasteiger partial charge in [-0.15, -0.1) is 10.2 Å². The Hall–Kier alpha value is -2.36. The zero-order valence-electron chi connectivity index (χ0n) is 16.7. The summed E-state index contributed by atoms with van der Waals surface area (Å²) in [7, 11) is 3.32. The topological polar surface area (TPSA) is 70.7 Å². The van der Waals surface area contributed by atoms with Crippen LogP contribution in [0, 0.1) is 0 Å². The lowest BCUT2D eigenvalue weighted by atomic mass is 10.2. The summed E-state index contributed by atoms with van der Waals surface area (Å²) < 4.78 is 15.3. The summed E-state index contributed by atoms with van der Waals surface area (Å²) in [6.07, 6.45) is 0.717. The minimum atomic E-state index is -0.0631. The molecular formula is C21H21BrN4O3S. The summed E-state index contributed by atoms with van der Waals surface area (Å²) in [5.41, 5.74) is 1.78. The molecule has 0 amide bonds. The van der Waals surface area contributed by atoms with E-state index in [0.29, 0.717) is 30.1 Å². The second kappa shape index (κ2) is 9.20. The van der Waals surface area contributed by atoms with E-state index in [4.69, 9.17) is 9.47 Å². The van der Waals surface area contributed by atoms with Crippen molar-refractivity contribution in [3.05, 3.63) is 62.9 Å². The Balaban J connectivity index is 1.78. The Kier molecular flexibility index (Phi) is 6.40. The summed E-state index contributed by atoms with van der Waals surface area (Å²) in [6.45, 7) is 1.09. The lowest BCUT2D eigenvalue weighted by molar-refractivity contribution is 0.190. The number of rotatable bonds is 8. The van der Waals surface area contributed by atoms with Crippen molar-refractivity contribution in [1.82, 2.24) is 19.2 Å². The van der Waals surface area contributed by atoms with Crippen molar-refractivity contribution in [3.8, 4) is 5.75 Å². The number of aromatic nitrogens is 4. The standard InChI is InChI=1S/C21H21BrN4O3S/c1-28-11-5-10-25-19(27)16-6-3-4-7-17(16)26-20(25)23-24-21(26)30-13-14-12-15(22)8-9-18(14)29-2/h3-4,6-9,12H,5,10-11,13H2,1-2H3. The van der Waals surface area contributed by atoms with Crippen LogP contribution in [0.2, 0.25) is 0 Å². The third kappa shape index (κ3) is 3.97. The number of thioether (sulfide) groups is 1. The lowest BCUT2D eigenvalue weighted by Crippen LogP contribution is -2.24. The Morgan fingerprint density at radius 3 is 2.77 bits per heavy atom. The third-order valence-corrected chi connectivity index (χ3v) is 6.28. The summed E-state index contributed by atoms with van der Waals surface area (Å²) in [5, 5.41) is 10.1. The van der Waals surface area contributed by atoms with Crippen LogP contribution in [0.25, 0.3) is 16.7 Å². The fourth-order valence-electron chi connectivity index (χ4n) is 3.40. The molecule has 0 aliphatic heterocycles. The quantitative estimate of drug-likeness (QED) is 0.274. The molecule has 0 N–H and O–H groups in total. The molecule has 2 aromatic heterocycles. The number of hydrogen-bond acceptors (Lipinski definition) is 6. The minimum absolute atomic E-state index is 0.0631. The largest absolute Gasteiger partial charge is 0.496 e. The minimum Gasteiger partial charge on any atom is -0.496 e. The SMILES string of the molecule is COCCCn1c(=O)c2ccccc2n2c(SCc3cc(Br)ccc3OC)nnc12. The fraction of sp³-hybridized carbons (Fsp3) is 0.286. The Morgan fingerprint density at radius 1 is 1.13 bits per heavy atom. The van der Waals surface area contributed by atoms with Crippen molar-refractivity contribution >= 4 is 44.4 Å². The number of halogens is 1. The molecule has 0 spiro atoms. The second-order valence-electron chi connectivity index (χ2n) is 6.68. The average Bonchev–Trinajstić information content (AvgIpc) is 3.18. The van der Waals surface area contributed by atoms with Gasteiger partial charge in [0.1, 0.15) is 5.75 Å². The van der Waals surface area contributed by atoms with E-state index < -0.39 is 0 Å². The third-order valence-electron chi connectivity index (χ3n) is 4.81. The maximum Gasteiger partial charge on any atom is 0.262 e. The number of fused-ring (bicyclic) bond motifs is 3. The number of ether oxygens (including phenoxy) is 2. The van der Waals surface area contributed by atoms with Crippen LogP contribution in [0.1, 0.15) is 12.0 Å². The van der Waals surface area contributed by atoms with Crippen molar-refractivity contribution in [3.63, 3.8) is 0 Å². The number of nitrogens with zero attached hydrogens (tertiary/aromatic N) is 4. The van der Waals surface area contributed by atoms with Crippen LogP contribution < -0.4 is 10.3 Å². The molecule has 0 atom stereocenters. The average molecular weight is 489 g/mol. The summed E-state index contributed by atoms with van der Waals surface area (Å²) in [6, 6.07) is 13.5. The van der Waals surface area contributed by atoms with Crippen molar-refractivity contribution in [2.45, 2.75) is 23.9 Å². The number of methoxy groups -OCH3 is 2. The Morgan fingerprint density at radius 2 is 1.97 bits per heavy atom. The first-order valence-electron chi connectivity index (χ1n) is 9.45. The Bertz CT molecular complexity index is 1250. The highest BCUT2D eigenvalue weighted by Crippen LogP contribution is 2.30. The first-order chi connectivity index (χ1) is 14.6. The Labute approximate surface area is 186 Å². The van der Waals surface area contributed by atoms with Gasteiger partial charge in [0.05, 0.1) is 18.0 Å². The van der Waals surface area contributed by atoms with E-state index in [2.05, 4.69) is 26.1 Å². The van der Waals surface area contributed by atoms with E-state index in [1.54, 1.807) is 30.5 Å². The number of hydrogen-bond donors (Lipinski definition) is 0. The molecule has 9 heteroatoms. The van der Waals surface area contributed by atoms with Crippen molar-refractivity contribution in [2.24, 2.45) is 0 Å². The first-order valence-corrected chi connectivity index (χ1v) is 11.2. The highest BCUT2D eigenvalue weighted by molar-refractivity contribution is 9.10. The summed E-state index contributed by atoms with van der Waals surface area (Å²) in [4.78, 5) is 13.1. The van der Waals surface area contributed by atoms with Crippen LogP contribution in [-0.4, -0.2) is 40.0 Å². The maximum absolute atomic E-state index is 13.1. The van der Waals surface area contributed by atoms with E-state index in [-0.39, 0.29) is 5.56 Å². The van der Waals surface area contributed by atoms with E-state index in [9.17, 15) is 4.79 Å². The molecule has 0 unspecified atom stereocenters. The molecule has 0 saturated heterocycles. The smallest absolute Gasteiger partial charge is 0.262 e. The molecule has 7 nitrogen and oxygen atoms in total. The molecule has 0 aliphatic carbocycles. The molecule has 4 rings (SSSR count). The van der Waals surface area contributed by atoms with Crippen LogP contribution in [0.3, 0.4) is 0 Å². The monoisotopic (exact) mass is 488 g/mol. The van der Waals surface area contributed by atoms with Crippen LogP contribution in [-0.2, 0) is 17.0 Å². The van der Waals surface area contributed by atoms with E-state index >= 15 is 0 Å². The lowest BCUT2D eigenvalue weighted by Gasteiger charge is -2.11. The van der Waals surface area contributed by atoms with E-state index in [1.807, 2.05) is 46.9 Å². The molecule has 0 fully saturated rings. The maximum atomic E-state index is 13.1. The van der Waals surface area contributed by atoms with Gasteiger partial charge in [-0.25, -0.2) is 0 Å². The second-order valence-corrected chi connectivity index (χ2v) is 8.54.